The fraction of sp³-hybridized carbons (Fsp3) is 0.684. The summed E-state index contributed by atoms with van der Waals surface area (Å²) in [6, 6.07) is 3.95. The molecule has 3 atom stereocenters. The van der Waals surface area contributed by atoms with Crippen LogP contribution < -0.4 is 9.62 Å². The van der Waals surface area contributed by atoms with Crippen LogP contribution in [0.2, 0.25) is 0 Å². The number of ether oxygens (including phenoxy) is 1. The minimum Gasteiger partial charge on any atom is -0.393 e. The third-order valence-corrected chi connectivity index (χ3v) is 7.23. The van der Waals surface area contributed by atoms with Crippen LogP contribution in [0.4, 0.5) is 11.4 Å². The molecule has 2 fully saturated rings. The molecule has 0 aromatic heterocycles. The molecular formula is C19H30N4O6S. The molecule has 10 nitrogen and oxygen atoms in total. The number of likely N-dealkylation sites (N-methyl/N-ethyl adjacent to an activating group) is 1. The summed E-state index contributed by atoms with van der Waals surface area (Å²) < 4.78 is 33.1. The lowest BCUT2D eigenvalue weighted by Crippen LogP contribution is -2.46. The van der Waals surface area contributed by atoms with Crippen molar-refractivity contribution in [3.8, 4) is 0 Å². The number of nitrogens with one attached hydrogen (secondary N) is 1. The predicted molar refractivity (Wildman–Crippen MR) is 112 cm³/mol. The Kier molecular flexibility index (Phi) is 7.30. The Hall–Kier alpha value is -1.79. The Labute approximate surface area is 177 Å². The average Bonchev–Trinajstić information content (AvgIpc) is 3.16. The SMILES string of the molecule is CN(C)CCNS(=O)(=O)c1ccc(N2CCC[C@@H]2[C@@H]2COCC[C@H]2O)c([N+](=O)[O-])c1. The third kappa shape index (κ3) is 5.09. The molecule has 2 aliphatic rings. The average molecular weight is 443 g/mol. The minimum absolute atomic E-state index is 0.0836. The summed E-state index contributed by atoms with van der Waals surface area (Å²) in [4.78, 5) is 14.9. The summed E-state index contributed by atoms with van der Waals surface area (Å²) in [7, 11) is -0.199. The zero-order chi connectivity index (χ0) is 21.9. The summed E-state index contributed by atoms with van der Waals surface area (Å²) in [5.41, 5.74) is 0.135. The molecule has 0 amide bonds. The van der Waals surface area contributed by atoms with Gasteiger partial charge < -0.3 is 19.6 Å². The number of aliphatic hydroxyl groups is 1. The van der Waals surface area contributed by atoms with Gasteiger partial charge in [-0.25, -0.2) is 13.1 Å². The van der Waals surface area contributed by atoms with E-state index in [-0.39, 0.29) is 29.1 Å². The Morgan fingerprint density at radius 1 is 1.37 bits per heavy atom. The molecule has 0 saturated carbocycles. The van der Waals surface area contributed by atoms with Crippen LogP contribution in [0.5, 0.6) is 0 Å². The molecule has 1 aromatic carbocycles. The summed E-state index contributed by atoms with van der Waals surface area (Å²) in [6.07, 6.45) is 1.68. The number of sulfonamides is 1. The van der Waals surface area contributed by atoms with Gasteiger partial charge in [-0.05, 0) is 45.5 Å². The molecule has 2 heterocycles. The van der Waals surface area contributed by atoms with Gasteiger partial charge in [-0.15, -0.1) is 0 Å². The Bertz CT molecular complexity index is 863. The van der Waals surface area contributed by atoms with E-state index in [2.05, 4.69) is 4.72 Å². The van der Waals surface area contributed by atoms with Crippen LogP contribution in [0.15, 0.2) is 23.1 Å². The molecule has 0 unspecified atom stereocenters. The lowest BCUT2D eigenvalue weighted by molar-refractivity contribution is -0.384. The van der Waals surface area contributed by atoms with E-state index in [1.807, 2.05) is 23.9 Å². The van der Waals surface area contributed by atoms with Crippen molar-refractivity contribution in [2.75, 3.05) is 51.8 Å². The number of nitro groups is 1. The van der Waals surface area contributed by atoms with Crippen molar-refractivity contribution < 1.29 is 23.2 Å². The highest BCUT2D eigenvalue weighted by atomic mass is 32.2. The van der Waals surface area contributed by atoms with E-state index in [1.165, 1.54) is 12.1 Å². The highest BCUT2D eigenvalue weighted by Crippen LogP contribution is 2.39. The van der Waals surface area contributed by atoms with Gasteiger partial charge >= 0.3 is 0 Å². The van der Waals surface area contributed by atoms with Gasteiger partial charge in [0.1, 0.15) is 5.69 Å². The van der Waals surface area contributed by atoms with E-state index in [4.69, 9.17) is 4.74 Å². The topological polar surface area (TPSA) is 125 Å². The van der Waals surface area contributed by atoms with Crippen molar-refractivity contribution in [2.24, 2.45) is 5.92 Å². The molecule has 2 aliphatic heterocycles. The van der Waals surface area contributed by atoms with Crippen LogP contribution in [0.3, 0.4) is 0 Å². The summed E-state index contributed by atoms with van der Waals surface area (Å²) >= 11 is 0. The van der Waals surface area contributed by atoms with Crippen LogP contribution >= 0.6 is 0 Å². The van der Waals surface area contributed by atoms with Crippen LogP contribution in [0.1, 0.15) is 19.3 Å². The van der Waals surface area contributed by atoms with Crippen LogP contribution in [0.25, 0.3) is 0 Å². The number of nitrogens with zero attached hydrogens (tertiary/aromatic N) is 3. The second kappa shape index (κ2) is 9.56. The van der Waals surface area contributed by atoms with Gasteiger partial charge in [0.05, 0.1) is 22.5 Å². The molecule has 11 heteroatoms. The highest BCUT2D eigenvalue weighted by molar-refractivity contribution is 7.89. The molecular weight excluding hydrogens is 412 g/mol. The van der Waals surface area contributed by atoms with Crippen molar-refractivity contribution in [3.63, 3.8) is 0 Å². The maximum absolute atomic E-state index is 12.6. The maximum atomic E-state index is 12.6. The Balaban J connectivity index is 1.87. The van der Waals surface area contributed by atoms with Gasteiger partial charge in [-0.1, -0.05) is 0 Å². The number of anilines is 1. The van der Waals surface area contributed by atoms with Crippen molar-refractivity contribution in [3.05, 3.63) is 28.3 Å². The van der Waals surface area contributed by atoms with Crippen LogP contribution in [-0.4, -0.2) is 82.4 Å². The molecule has 0 spiro atoms. The standard InChI is InChI=1S/C19H30N4O6S/c1-21(2)10-8-20-30(27,28)14-5-6-17(18(12-14)23(25)26)22-9-3-4-16(22)15-13-29-11-7-19(15)24/h5-6,12,15-16,19-20,24H,3-4,7-11,13H2,1-2H3/t15-,16+,19+/m0/s1. The number of nitro benzene ring substituents is 1. The predicted octanol–water partition coefficient (Wildman–Crippen LogP) is 0.801. The molecule has 2 N–H and O–H groups in total. The van der Waals surface area contributed by atoms with E-state index in [9.17, 15) is 23.6 Å². The summed E-state index contributed by atoms with van der Waals surface area (Å²) in [6.45, 7) is 2.26. The van der Waals surface area contributed by atoms with Crippen LogP contribution in [0, 0.1) is 16.0 Å². The normalized spacial score (nSPS) is 25.1. The summed E-state index contributed by atoms with van der Waals surface area (Å²) in [5.74, 6) is -0.128. The molecule has 0 aliphatic carbocycles. The molecule has 0 radical (unpaired) electrons. The van der Waals surface area contributed by atoms with Gasteiger partial charge in [0, 0.05) is 44.3 Å². The van der Waals surface area contributed by atoms with E-state index >= 15 is 0 Å². The minimum atomic E-state index is -3.85. The van der Waals surface area contributed by atoms with Crippen molar-refractivity contribution >= 4 is 21.4 Å². The number of hydrogen-bond acceptors (Lipinski definition) is 8. The number of aliphatic hydroxyl groups excluding tert-OH is 1. The highest BCUT2D eigenvalue weighted by Gasteiger charge is 2.39. The fourth-order valence-electron chi connectivity index (χ4n) is 4.20. The Morgan fingerprint density at radius 2 is 2.13 bits per heavy atom. The van der Waals surface area contributed by atoms with Crippen molar-refractivity contribution in [1.82, 2.24) is 9.62 Å². The largest absolute Gasteiger partial charge is 0.393 e. The Morgan fingerprint density at radius 3 is 2.80 bits per heavy atom. The zero-order valence-corrected chi connectivity index (χ0v) is 18.2. The third-order valence-electron chi connectivity index (χ3n) is 5.77. The van der Waals surface area contributed by atoms with Gasteiger partial charge in [-0.2, -0.15) is 0 Å². The maximum Gasteiger partial charge on any atom is 0.293 e. The fourth-order valence-corrected chi connectivity index (χ4v) is 5.24. The van der Waals surface area contributed by atoms with E-state index in [1.54, 1.807) is 0 Å². The lowest BCUT2D eigenvalue weighted by atomic mass is 9.89. The first kappa shape index (κ1) is 22.9. The lowest BCUT2D eigenvalue weighted by Gasteiger charge is -2.37. The first-order chi connectivity index (χ1) is 14.2. The molecule has 3 rings (SSSR count). The zero-order valence-electron chi connectivity index (χ0n) is 17.4. The second-order valence-corrected chi connectivity index (χ2v) is 9.87. The van der Waals surface area contributed by atoms with Crippen molar-refractivity contribution in [2.45, 2.75) is 36.3 Å². The van der Waals surface area contributed by atoms with Gasteiger partial charge in [0.2, 0.25) is 10.0 Å². The quantitative estimate of drug-likeness (QED) is 0.447. The molecule has 168 valence electrons. The summed E-state index contributed by atoms with van der Waals surface area (Å²) in [5, 5.41) is 22.2. The first-order valence-corrected chi connectivity index (χ1v) is 11.6. The van der Waals surface area contributed by atoms with E-state index in [0.29, 0.717) is 38.4 Å². The monoisotopic (exact) mass is 442 g/mol. The van der Waals surface area contributed by atoms with Gasteiger partial charge in [0.15, 0.2) is 0 Å². The number of hydrogen-bond donors (Lipinski definition) is 2. The van der Waals surface area contributed by atoms with Gasteiger partial charge in [0.25, 0.3) is 5.69 Å². The molecule has 1 aromatic rings. The first-order valence-electron chi connectivity index (χ1n) is 10.2. The van der Waals surface area contributed by atoms with E-state index < -0.39 is 21.1 Å². The van der Waals surface area contributed by atoms with Gasteiger partial charge in [-0.3, -0.25) is 10.1 Å². The molecule has 0 bridgehead atoms. The second-order valence-electron chi connectivity index (χ2n) is 8.11. The van der Waals surface area contributed by atoms with Crippen molar-refractivity contribution in [1.29, 1.82) is 0 Å². The smallest absolute Gasteiger partial charge is 0.293 e. The molecule has 2 saturated heterocycles. The molecule has 30 heavy (non-hydrogen) atoms. The van der Waals surface area contributed by atoms with E-state index in [0.717, 1.165) is 18.9 Å². The number of benzene rings is 1. The number of rotatable bonds is 8. The van der Waals surface area contributed by atoms with Crippen LogP contribution in [-0.2, 0) is 14.8 Å².